The fraction of sp³-hybridized carbons (Fsp3) is 0.125. The summed E-state index contributed by atoms with van der Waals surface area (Å²) < 4.78 is 0. The summed E-state index contributed by atoms with van der Waals surface area (Å²) in [5.41, 5.74) is 6.51. The molecule has 0 amide bonds. The number of anilines is 1. The SMILES string of the molecule is Nc1c(Cl)cccc1C(Cl)C=O. The van der Waals surface area contributed by atoms with Crippen LogP contribution in [0.2, 0.25) is 5.02 Å². The van der Waals surface area contributed by atoms with Crippen molar-refractivity contribution in [3.63, 3.8) is 0 Å². The molecular weight excluding hydrogens is 197 g/mol. The normalized spacial score (nSPS) is 12.5. The number of benzene rings is 1. The van der Waals surface area contributed by atoms with E-state index in [0.717, 1.165) is 0 Å². The lowest BCUT2D eigenvalue weighted by Crippen LogP contribution is -1.98. The van der Waals surface area contributed by atoms with Crippen molar-refractivity contribution in [1.82, 2.24) is 0 Å². The molecule has 0 aliphatic heterocycles. The molecule has 1 rings (SSSR count). The third-order valence-corrected chi connectivity index (χ3v) is 2.17. The van der Waals surface area contributed by atoms with E-state index in [-0.39, 0.29) is 0 Å². The molecule has 1 aromatic carbocycles. The second-order valence-electron chi connectivity index (χ2n) is 2.28. The highest BCUT2D eigenvalue weighted by molar-refractivity contribution is 6.34. The maximum absolute atomic E-state index is 10.3. The van der Waals surface area contributed by atoms with E-state index < -0.39 is 5.38 Å². The summed E-state index contributed by atoms with van der Waals surface area (Å²) in [6, 6.07) is 5.02. The molecule has 1 atom stereocenters. The first-order valence-corrected chi connectivity index (χ1v) is 4.11. The summed E-state index contributed by atoms with van der Waals surface area (Å²) in [6.07, 6.45) is 0.615. The van der Waals surface area contributed by atoms with Crippen LogP contribution in [0.25, 0.3) is 0 Å². The minimum atomic E-state index is -0.719. The number of hydrogen-bond donors (Lipinski definition) is 1. The minimum absolute atomic E-state index is 0.367. The van der Waals surface area contributed by atoms with Gasteiger partial charge in [-0.1, -0.05) is 23.7 Å². The number of aldehydes is 1. The van der Waals surface area contributed by atoms with E-state index in [2.05, 4.69) is 0 Å². The van der Waals surface area contributed by atoms with Gasteiger partial charge in [-0.25, -0.2) is 0 Å². The fourth-order valence-corrected chi connectivity index (χ4v) is 1.24. The molecule has 12 heavy (non-hydrogen) atoms. The number of carbonyl (C=O) groups excluding carboxylic acids is 1. The molecule has 0 fully saturated rings. The Morgan fingerprint density at radius 2 is 2.17 bits per heavy atom. The Balaban J connectivity index is 3.15. The molecule has 0 aliphatic rings. The standard InChI is InChI=1S/C8H7Cl2NO/c9-6-3-1-2-5(8(6)11)7(10)4-12/h1-4,7H,11H2. The quantitative estimate of drug-likeness (QED) is 0.456. The van der Waals surface area contributed by atoms with E-state index in [4.69, 9.17) is 28.9 Å². The molecule has 0 heterocycles. The van der Waals surface area contributed by atoms with Crippen LogP contribution < -0.4 is 5.73 Å². The van der Waals surface area contributed by atoms with Crippen LogP contribution in [-0.4, -0.2) is 6.29 Å². The van der Waals surface area contributed by atoms with Crippen LogP contribution in [0.5, 0.6) is 0 Å². The van der Waals surface area contributed by atoms with Gasteiger partial charge in [0.05, 0.1) is 10.7 Å². The summed E-state index contributed by atoms with van der Waals surface area (Å²) in [4.78, 5) is 10.3. The lowest BCUT2D eigenvalue weighted by Gasteiger charge is -2.06. The van der Waals surface area contributed by atoms with Crippen LogP contribution in [0.4, 0.5) is 5.69 Å². The van der Waals surface area contributed by atoms with Gasteiger partial charge in [0.1, 0.15) is 11.7 Å². The van der Waals surface area contributed by atoms with Gasteiger partial charge in [0.15, 0.2) is 0 Å². The molecule has 0 aliphatic carbocycles. The first-order valence-electron chi connectivity index (χ1n) is 3.30. The van der Waals surface area contributed by atoms with Crippen molar-refractivity contribution >= 4 is 35.2 Å². The lowest BCUT2D eigenvalue weighted by atomic mass is 10.1. The van der Waals surface area contributed by atoms with Crippen LogP contribution in [0.3, 0.4) is 0 Å². The molecule has 0 spiro atoms. The van der Waals surface area contributed by atoms with Crippen molar-refractivity contribution in [2.24, 2.45) is 0 Å². The Morgan fingerprint density at radius 1 is 1.50 bits per heavy atom. The first-order chi connectivity index (χ1) is 5.66. The second-order valence-corrected chi connectivity index (χ2v) is 3.16. The largest absolute Gasteiger partial charge is 0.397 e. The molecule has 0 saturated carbocycles. The Kier molecular flexibility index (Phi) is 2.95. The van der Waals surface area contributed by atoms with Crippen LogP contribution in [0.1, 0.15) is 10.9 Å². The maximum Gasteiger partial charge on any atom is 0.142 e. The first kappa shape index (κ1) is 9.36. The topological polar surface area (TPSA) is 43.1 Å². The maximum atomic E-state index is 10.3. The Labute approximate surface area is 80.3 Å². The smallest absolute Gasteiger partial charge is 0.142 e. The van der Waals surface area contributed by atoms with Gasteiger partial charge in [0, 0.05) is 5.56 Å². The van der Waals surface area contributed by atoms with Gasteiger partial charge >= 0.3 is 0 Å². The van der Waals surface area contributed by atoms with Crippen LogP contribution in [-0.2, 0) is 4.79 Å². The second kappa shape index (κ2) is 3.78. The third kappa shape index (κ3) is 1.71. The number of halogens is 2. The summed E-state index contributed by atoms with van der Waals surface area (Å²) >= 11 is 11.4. The Hall–Kier alpha value is -0.730. The average molecular weight is 204 g/mol. The number of hydrogen-bond acceptors (Lipinski definition) is 2. The summed E-state index contributed by atoms with van der Waals surface area (Å²) in [6.45, 7) is 0. The summed E-state index contributed by atoms with van der Waals surface area (Å²) in [5, 5.41) is -0.302. The molecule has 0 radical (unpaired) electrons. The van der Waals surface area contributed by atoms with Crippen LogP contribution >= 0.6 is 23.2 Å². The lowest BCUT2D eigenvalue weighted by molar-refractivity contribution is -0.107. The van der Waals surface area contributed by atoms with Gasteiger partial charge in [0.2, 0.25) is 0 Å². The monoisotopic (exact) mass is 203 g/mol. The minimum Gasteiger partial charge on any atom is -0.397 e. The van der Waals surface area contributed by atoms with Crippen molar-refractivity contribution in [1.29, 1.82) is 0 Å². The highest BCUT2D eigenvalue weighted by Gasteiger charge is 2.11. The van der Waals surface area contributed by atoms with Gasteiger partial charge < -0.3 is 10.5 Å². The highest BCUT2D eigenvalue weighted by Crippen LogP contribution is 2.29. The van der Waals surface area contributed by atoms with E-state index in [1.807, 2.05) is 0 Å². The van der Waals surface area contributed by atoms with Crippen molar-refractivity contribution in [2.75, 3.05) is 5.73 Å². The molecule has 0 aromatic heterocycles. The number of nitrogens with two attached hydrogens (primary N) is 1. The number of rotatable bonds is 2. The van der Waals surface area contributed by atoms with Gasteiger partial charge in [-0.3, -0.25) is 0 Å². The van der Waals surface area contributed by atoms with E-state index in [1.165, 1.54) is 0 Å². The van der Waals surface area contributed by atoms with Gasteiger partial charge in [-0.2, -0.15) is 0 Å². The summed E-state index contributed by atoms with van der Waals surface area (Å²) in [7, 11) is 0. The molecule has 1 aromatic rings. The number of alkyl halides is 1. The van der Waals surface area contributed by atoms with E-state index in [0.29, 0.717) is 22.6 Å². The molecule has 0 saturated heterocycles. The Bertz CT molecular complexity index is 301. The van der Waals surface area contributed by atoms with Crippen molar-refractivity contribution < 1.29 is 4.79 Å². The predicted molar refractivity (Wildman–Crippen MR) is 50.5 cm³/mol. The van der Waals surface area contributed by atoms with Crippen LogP contribution in [0, 0.1) is 0 Å². The third-order valence-electron chi connectivity index (χ3n) is 1.50. The molecule has 2 N–H and O–H groups in total. The zero-order chi connectivity index (χ0) is 9.14. The van der Waals surface area contributed by atoms with Crippen molar-refractivity contribution in [2.45, 2.75) is 5.38 Å². The van der Waals surface area contributed by atoms with Crippen molar-refractivity contribution in [3.05, 3.63) is 28.8 Å². The fourth-order valence-electron chi connectivity index (χ4n) is 0.867. The van der Waals surface area contributed by atoms with Crippen LogP contribution in [0.15, 0.2) is 18.2 Å². The van der Waals surface area contributed by atoms with Gasteiger partial charge in [0.25, 0.3) is 0 Å². The molecule has 1 unspecified atom stereocenters. The number of para-hydroxylation sites is 1. The average Bonchev–Trinajstić information content (AvgIpc) is 2.08. The van der Waals surface area contributed by atoms with Gasteiger partial charge in [-0.05, 0) is 6.07 Å². The molecule has 2 nitrogen and oxygen atoms in total. The summed E-state index contributed by atoms with van der Waals surface area (Å²) in [5.74, 6) is 0. The van der Waals surface area contributed by atoms with Gasteiger partial charge in [-0.15, -0.1) is 11.6 Å². The highest BCUT2D eigenvalue weighted by atomic mass is 35.5. The zero-order valence-electron chi connectivity index (χ0n) is 6.13. The molecule has 64 valence electrons. The zero-order valence-corrected chi connectivity index (χ0v) is 7.64. The number of nitrogen functional groups attached to an aromatic ring is 1. The van der Waals surface area contributed by atoms with E-state index in [1.54, 1.807) is 18.2 Å². The van der Waals surface area contributed by atoms with E-state index >= 15 is 0 Å². The molecule has 4 heteroatoms. The molecule has 0 bridgehead atoms. The van der Waals surface area contributed by atoms with E-state index in [9.17, 15) is 4.79 Å². The Morgan fingerprint density at radius 3 is 2.75 bits per heavy atom. The number of carbonyl (C=O) groups is 1. The predicted octanol–water partition coefficient (Wildman–Crippen LogP) is 2.40. The van der Waals surface area contributed by atoms with Crippen molar-refractivity contribution in [3.8, 4) is 0 Å². The molecular formula is C8H7Cl2NO.